The first-order valence-electron chi connectivity index (χ1n) is 4.84. The quantitative estimate of drug-likeness (QED) is 0.593. The second kappa shape index (κ2) is 6.47. The summed E-state index contributed by atoms with van der Waals surface area (Å²) in [5, 5.41) is 0. The smallest absolute Gasteiger partial charge is 0.0233 e. The van der Waals surface area contributed by atoms with Crippen molar-refractivity contribution in [3.8, 4) is 0 Å². The summed E-state index contributed by atoms with van der Waals surface area (Å²) >= 11 is 0. The molecule has 0 aliphatic carbocycles. The minimum absolute atomic E-state index is 1.13. The highest BCUT2D eigenvalue weighted by Crippen LogP contribution is 2.11. The third kappa shape index (κ3) is 5.24. The predicted molar refractivity (Wildman–Crippen MR) is 61.9 cm³/mol. The maximum Gasteiger partial charge on any atom is -0.0233 e. The van der Waals surface area contributed by atoms with Crippen molar-refractivity contribution in [1.82, 2.24) is 0 Å². The number of hydrogen-bond donors (Lipinski definition) is 0. The first kappa shape index (κ1) is 12.0. The average Bonchev–Trinajstić information content (AvgIpc) is 2.06. The van der Waals surface area contributed by atoms with Gasteiger partial charge in [-0.05, 0) is 19.4 Å². The zero-order valence-electron chi connectivity index (χ0n) is 9.22. The van der Waals surface area contributed by atoms with Crippen molar-refractivity contribution >= 4 is 5.57 Å². The van der Waals surface area contributed by atoms with Gasteiger partial charge in [0.2, 0.25) is 0 Å². The normalized spacial score (nSPS) is 8.62. The minimum Gasteiger partial charge on any atom is -0.0955 e. The third-order valence-electron chi connectivity index (χ3n) is 1.54. The summed E-state index contributed by atoms with van der Waals surface area (Å²) in [5.41, 5.74) is 3.65. The van der Waals surface area contributed by atoms with Gasteiger partial charge in [-0.2, -0.15) is 0 Å². The molecule has 0 aliphatic rings. The van der Waals surface area contributed by atoms with Crippen LogP contribution in [0.3, 0.4) is 0 Å². The van der Waals surface area contributed by atoms with Crippen LogP contribution in [-0.2, 0) is 0 Å². The van der Waals surface area contributed by atoms with E-state index in [0.29, 0.717) is 0 Å². The third-order valence-corrected chi connectivity index (χ3v) is 1.54. The highest BCUT2D eigenvalue weighted by Gasteiger charge is 1.89. The highest BCUT2D eigenvalue weighted by atomic mass is 13.9. The summed E-state index contributed by atoms with van der Waals surface area (Å²) in [7, 11) is 0. The van der Waals surface area contributed by atoms with Crippen molar-refractivity contribution in [2.45, 2.75) is 34.1 Å². The van der Waals surface area contributed by atoms with E-state index in [0.717, 1.165) is 5.57 Å². The highest BCUT2D eigenvalue weighted by molar-refractivity contribution is 5.61. The Bertz CT molecular complexity index is 241. The topological polar surface area (TPSA) is 0 Å². The average molecular weight is 176 g/mol. The molecule has 1 rings (SSSR count). The first-order chi connectivity index (χ1) is 6.11. The SMILES string of the molecule is C=C(C)c1ccc(C)cc1.CCC. The Hall–Kier alpha value is -1.04. The molecule has 0 atom stereocenters. The Balaban J connectivity index is 0.000000424. The molecule has 0 unspecified atom stereocenters. The lowest BCUT2D eigenvalue weighted by atomic mass is 10.1. The molecule has 0 heteroatoms. The molecule has 0 bridgehead atoms. The van der Waals surface area contributed by atoms with Gasteiger partial charge in [0.1, 0.15) is 0 Å². The Morgan fingerprint density at radius 2 is 1.54 bits per heavy atom. The molecule has 0 heterocycles. The first-order valence-corrected chi connectivity index (χ1v) is 4.84. The lowest BCUT2D eigenvalue weighted by Gasteiger charge is -1.98. The lowest BCUT2D eigenvalue weighted by Crippen LogP contribution is -1.76. The Kier molecular flexibility index (Phi) is 5.96. The second-order valence-corrected chi connectivity index (χ2v) is 3.35. The van der Waals surface area contributed by atoms with Crippen molar-refractivity contribution in [2.24, 2.45) is 0 Å². The monoisotopic (exact) mass is 176 g/mol. The molecule has 1 aromatic rings. The number of aryl methyl sites for hydroxylation is 1. The van der Waals surface area contributed by atoms with Crippen molar-refractivity contribution < 1.29 is 0 Å². The molecule has 0 radical (unpaired) electrons. The molecule has 1 aromatic carbocycles. The van der Waals surface area contributed by atoms with Crippen molar-refractivity contribution in [3.63, 3.8) is 0 Å². The minimum atomic E-state index is 1.13. The largest absolute Gasteiger partial charge is 0.0955 e. The summed E-state index contributed by atoms with van der Waals surface area (Å²) in [6.07, 6.45) is 1.25. The molecule has 0 aromatic heterocycles. The zero-order chi connectivity index (χ0) is 10.3. The second-order valence-electron chi connectivity index (χ2n) is 3.35. The maximum atomic E-state index is 3.86. The molecule has 0 aliphatic heterocycles. The molecule has 0 saturated heterocycles. The number of hydrogen-bond acceptors (Lipinski definition) is 0. The van der Waals surface area contributed by atoms with E-state index in [1.54, 1.807) is 0 Å². The van der Waals surface area contributed by atoms with Crippen LogP contribution in [0.25, 0.3) is 5.57 Å². The number of allylic oxidation sites excluding steroid dienone is 1. The van der Waals surface area contributed by atoms with Crippen molar-refractivity contribution in [2.75, 3.05) is 0 Å². The van der Waals surface area contributed by atoms with Gasteiger partial charge in [0.25, 0.3) is 0 Å². The fraction of sp³-hybridized carbons (Fsp3) is 0.385. The van der Waals surface area contributed by atoms with Crippen LogP contribution in [-0.4, -0.2) is 0 Å². The molecule has 0 nitrogen and oxygen atoms in total. The fourth-order valence-corrected chi connectivity index (χ4v) is 0.838. The van der Waals surface area contributed by atoms with Gasteiger partial charge < -0.3 is 0 Å². The fourth-order valence-electron chi connectivity index (χ4n) is 0.838. The van der Waals surface area contributed by atoms with Crippen LogP contribution in [0, 0.1) is 6.92 Å². The molecule has 0 amide bonds. The van der Waals surface area contributed by atoms with Gasteiger partial charge in [0.05, 0.1) is 0 Å². The van der Waals surface area contributed by atoms with E-state index in [9.17, 15) is 0 Å². The van der Waals surface area contributed by atoms with E-state index in [-0.39, 0.29) is 0 Å². The molecular formula is C13H20. The van der Waals surface area contributed by atoms with Gasteiger partial charge in [0.15, 0.2) is 0 Å². The molecular weight excluding hydrogens is 156 g/mol. The standard InChI is InChI=1S/C10H12.C3H8/c1-8(2)10-6-4-9(3)5-7-10;1-3-2/h4-7H,1H2,2-3H3;3H2,1-2H3. The van der Waals surface area contributed by atoms with Crippen LogP contribution in [0.5, 0.6) is 0 Å². The zero-order valence-corrected chi connectivity index (χ0v) is 9.22. The van der Waals surface area contributed by atoms with E-state index >= 15 is 0 Å². The molecule has 0 spiro atoms. The summed E-state index contributed by atoms with van der Waals surface area (Å²) in [6.45, 7) is 12.2. The van der Waals surface area contributed by atoms with E-state index in [2.05, 4.69) is 51.6 Å². The molecule has 72 valence electrons. The van der Waals surface area contributed by atoms with E-state index in [4.69, 9.17) is 0 Å². The van der Waals surface area contributed by atoms with Gasteiger partial charge in [-0.25, -0.2) is 0 Å². The molecule has 0 fully saturated rings. The summed E-state index contributed by atoms with van der Waals surface area (Å²) in [5.74, 6) is 0. The summed E-state index contributed by atoms with van der Waals surface area (Å²) in [4.78, 5) is 0. The summed E-state index contributed by atoms with van der Waals surface area (Å²) in [6, 6.07) is 8.39. The number of rotatable bonds is 1. The van der Waals surface area contributed by atoms with Gasteiger partial charge in [-0.1, -0.05) is 62.2 Å². The van der Waals surface area contributed by atoms with Crippen LogP contribution in [0.2, 0.25) is 0 Å². The van der Waals surface area contributed by atoms with Crippen LogP contribution < -0.4 is 0 Å². The van der Waals surface area contributed by atoms with Crippen LogP contribution >= 0.6 is 0 Å². The van der Waals surface area contributed by atoms with E-state index < -0.39 is 0 Å². The molecule has 13 heavy (non-hydrogen) atoms. The van der Waals surface area contributed by atoms with E-state index in [1.807, 2.05) is 6.92 Å². The van der Waals surface area contributed by atoms with Crippen LogP contribution in [0.1, 0.15) is 38.3 Å². The number of benzene rings is 1. The van der Waals surface area contributed by atoms with Gasteiger partial charge >= 0.3 is 0 Å². The van der Waals surface area contributed by atoms with Crippen molar-refractivity contribution in [1.29, 1.82) is 0 Å². The molecule has 0 N–H and O–H groups in total. The lowest BCUT2D eigenvalue weighted by molar-refractivity contribution is 1.09. The summed E-state index contributed by atoms with van der Waals surface area (Å²) < 4.78 is 0. The Morgan fingerprint density at radius 1 is 1.15 bits per heavy atom. The van der Waals surface area contributed by atoms with Crippen LogP contribution in [0.15, 0.2) is 30.8 Å². The molecule has 0 saturated carbocycles. The van der Waals surface area contributed by atoms with Crippen LogP contribution in [0.4, 0.5) is 0 Å². The maximum absolute atomic E-state index is 3.86. The van der Waals surface area contributed by atoms with E-state index in [1.165, 1.54) is 17.5 Å². The van der Waals surface area contributed by atoms with Crippen molar-refractivity contribution in [3.05, 3.63) is 42.0 Å². The van der Waals surface area contributed by atoms with Gasteiger partial charge in [-0.3, -0.25) is 0 Å². The van der Waals surface area contributed by atoms with Gasteiger partial charge in [-0.15, -0.1) is 0 Å². The van der Waals surface area contributed by atoms with Gasteiger partial charge in [0, 0.05) is 0 Å². The predicted octanol–water partition coefficient (Wildman–Crippen LogP) is 4.44. The Morgan fingerprint density at radius 3 is 1.85 bits per heavy atom. The Labute approximate surface area is 82.3 Å².